The largest absolute Gasteiger partial charge is 0.309 e. The molecule has 0 aromatic carbocycles. The molecule has 2 heteroatoms. The van der Waals surface area contributed by atoms with Crippen LogP contribution in [0.2, 0.25) is 0 Å². The van der Waals surface area contributed by atoms with E-state index >= 15 is 0 Å². The summed E-state index contributed by atoms with van der Waals surface area (Å²) in [6.07, 6.45) is 4.28. The van der Waals surface area contributed by atoms with E-state index in [0.29, 0.717) is 17.0 Å². The van der Waals surface area contributed by atoms with Crippen molar-refractivity contribution in [2.75, 3.05) is 19.6 Å². The molecule has 1 unspecified atom stereocenters. The Morgan fingerprint density at radius 3 is 2.53 bits per heavy atom. The second kappa shape index (κ2) is 3.74. The zero-order valence-electron chi connectivity index (χ0n) is 10.8. The second-order valence-corrected chi connectivity index (χ2v) is 6.37. The van der Waals surface area contributed by atoms with Crippen molar-refractivity contribution < 1.29 is 0 Å². The van der Waals surface area contributed by atoms with Gasteiger partial charge in [-0.25, -0.2) is 0 Å². The monoisotopic (exact) mass is 210 g/mol. The molecule has 0 spiro atoms. The van der Waals surface area contributed by atoms with Gasteiger partial charge in [0.2, 0.25) is 0 Å². The molecule has 1 atom stereocenters. The van der Waals surface area contributed by atoms with Crippen LogP contribution < -0.4 is 5.32 Å². The molecule has 1 saturated carbocycles. The van der Waals surface area contributed by atoms with Crippen LogP contribution in [0.1, 0.15) is 47.0 Å². The molecular weight excluding hydrogens is 184 g/mol. The molecular formula is C13H26N2. The SMILES string of the molecule is CCC1(CN2CC(C)(C)NCC2C)CC1. The molecule has 1 N–H and O–H groups in total. The third kappa shape index (κ3) is 2.54. The summed E-state index contributed by atoms with van der Waals surface area (Å²) in [5.41, 5.74) is 0.998. The van der Waals surface area contributed by atoms with Crippen LogP contribution in [0, 0.1) is 5.41 Å². The lowest BCUT2D eigenvalue weighted by molar-refractivity contribution is 0.0819. The van der Waals surface area contributed by atoms with E-state index in [1.807, 2.05) is 0 Å². The minimum atomic E-state index is 0.302. The van der Waals surface area contributed by atoms with Crippen LogP contribution in [0.5, 0.6) is 0 Å². The Morgan fingerprint density at radius 2 is 2.00 bits per heavy atom. The van der Waals surface area contributed by atoms with Gasteiger partial charge in [0, 0.05) is 31.2 Å². The minimum Gasteiger partial charge on any atom is -0.309 e. The normalized spacial score (nSPS) is 34.0. The maximum absolute atomic E-state index is 3.62. The summed E-state index contributed by atoms with van der Waals surface area (Å²) in [6, 6.07) is 0.710. The zero-order valence-corrected chi connectivity index (χ0v) is 10.8. The lowest BCUT2D eigenvalue weighted by Gasteiger charge is -2.44. The molecule has 2 fully saturated rings. The molecule has 2 nitrogen and oxygen atoms in total. The van der Waals surface area contributed by atoms with Crippen molar-refractivity contribution in [3.63, 3.8) is 0 Å². The molecule has 2 rings (SSSR count). The fraction of sp³-hybridized carbons (Fsp3) is 1.00. The predicted molar refractivity (Wildman–Crippen MR) is 65.1 cm³/mol. The van der Waals surface area contributed by atoms with E-state index in [9.17, 15) is 0 Å². The standard InChI is InChI=1S/C13H26N2/c1-5-13(6-7-13)10-15-9-12(3,4)14-8-11(15)2/h11,14H,5-10H2,1-4H3. The van der Waals surface area contributed by atoms with E-state index in [1.165, 1.54) is 32.4 Å². The number of piperazine rings is 1. The van der Waals surface area contributed by atoms with Crippen LogP contribution in [-0.4, -0.2) is 36.1 Å². The summed E-state index contributed by atoms with van der Waals surface area (Å²) in [7, 11) is 0. The highest BCUT2D eigenvalue weighted by Gasteiger charge is 2.44. The predicted octanol–water partition coefficient (Wildman–Crippen LogP) is 2.25. The highest BCUT2D eigenvalue weighted by molar-refractivity contribution is 4.99. The van der Waals surface area contributed by atoms with Crippen LogP contribution in [0.4, 0.5) is 0 Å². The minimum absolute atomic E-state index is 0.302. The van der Waals surface area contributed by atoms with Gasteiger partial charge in [-0.3, -0.25) is 4.90 Å². The quantitative estimate of drug-likeness (QED) is 0.768. The zero-order chi connectivity index (χ0) is 11.1. The van der Waals surface area contributed by atoms with E-state index in [4.69, 9.17) is 0 Å². The molecule has 88 valence electrons. The molecule has 0 aromatic heterocycles. The molecule has 0 amide bonds. The van der Waals surface area contributed by atoms with Crippen LogP contribution in [-0.2, 0) is 0 Å². The first-order valence-electron chi connectivity index (χ1n) is 6.45. The average Bonchev–Trinajstić information content (AvgIpc) is 2.92. The van der Waals surface area contributed by atoms with Gasteiger partial charge in [-0.1, -0.05) is 6.92 Å². The molecule has 1 heterocycles. The Bertz CT molecular complexity index is 231. The molecule has 0 aromatic rings. The smallest absolute Gasteiger partial charge is 0.0252 e. The van der Waals surface area contributed by atoms with Gasteiger partial charge in [-0.15, -0.1) is 0 Å². The van der Waals surface area contributed by atoms with E-state index in [0.717, 1.165) is 6.54 Å². The number of nitrogens with one attached hydrogen (secondary N) is 1. The van der Waals surface area contributed by atoms with Gasteiger partial charge in [-0.2, -0.15) is 0 Å². The first-order chi connectivity index (χ1) is 6.96. The van der Waals surface area contributed by atoms with Crippen molar-refractivity contribution in [2.24, 2.45) is 5.41 Å². The Labute approximate surface area is 94.4 Å². The number of nitrogens with zero attached hydrogens (tertiary/aromatic N) is 1. The van der Waals surface area contributed by atoms with Crippen LogP contribution >= 0.6 is 0 Å². The van der Waals surface area contributed by atoms with E-state index < -0.39 is 0 Å². The maximum atomic E-state index is 3.62. The summed E-state index contributed by atoms with van der Waals surface area (Å²) in [5.74, 6) is 0. The summed E-state index contributed by atoms with van der Waals surface area (Å²) in [5, 5.41) is 3.62. The fourth-order valence-corrected chi connectivity index (χ4v) is 2.72. The van der Waals surface area contributed by atoms with E-state index in [1.54, 1.807) is 0 Å². The van der Waals surface area contributed by atoms with Crippen molar-refractivity contribution in [1.82, 2.24) is 10.2 Å². The molecule has 1 aliphatic heterocycles. The van der Waals surface area contributed by atoms with Gasteiger partial charge in [-0.05, 0) is 45.4 Å². The lowest BCUT2D eigenvalue weighted by Crippen LogP contribution is -2.61. The van der Waals surface area contributed by atoms with Gasteiger partial charge >= 0.3 is 0 Å². The molecule has 0 radical (unpaired) electrons. The molecule has 2 aliphatic rings. The Morgan fingerprint density at radius 1 is 1.33 bits per heavy atom. The van der Waals surface area contributed by atoms with Crippen molar-refractivity contribution in [3.05, 3.63) is 0 Å². The van der Waals surface area contributed by atoms with Gasteiger partial charge < -0.3 is 5.32 Å². The van der Waals surface area contributed by atoms with Crippen molar-refractivity contribution in [3.8, 4) is 0 Å². The topological polar surface area (TPSA) is 15.3 Å². The Hall–Kier alpha value is -0.0800. The van der Waals surface area contributed by atoms with E-state index in [2.05, 4.69) is 37.9 Å². The molecule has 0 bridgehead atoms. The first-order valence-corrected chi connectivity index (χ1v) is 6.45. The van der Waals surface area contributed by atoms with Gasteiger partial charge in [0.15, 0.2) is 0 Å². The summed E-state index contributed by atoms with van der Waals surface area (Å²) in [6.45, 7) is 13.0. The molecule has 1 saturated heterocycles. The van der Waals surface area contributed by atoms with Gasteiger partial charge in [0.1, 0.15) is 0 Å². The van der Waals surface area contributed by atoms with Crippen LogP contribution in [0.15, 0.2) is 0 Å². The van der Waals surface area contributed by atoms with Gasteiger partial charge in [0.25, 0.3) is 0 Å². The van der Waals surface area contributed by atoms with Gasteiger partial charge in [0.05, 0.1) is 0 Å². The van der Waals surface area contributed by atoms with Crippen molar-refractivity contribution in [1.29, 1.82) is 0 Å². The van der Waals surface area contributed by atoms with E-state index in [-0.39, 0.29) is 0 Å². The summed E-state index contributed by atoms with van der Waals surface area (Å²) < 4.78 is 0. The van der Waals surface area contributed by atoms with Crippen LogP contribution in [0.3, 0.4) is 0 Å². The highest BCUT2D eigenvalue weighted by Crippen LogP contribution is 2.49. The van der Waals surface area contributed by atoms with Crippen molar-refractivity contribution in [2.45, 2.75) is 58.5 Å². The Kier molecular flexibility index (Phi) is 2.85. The van der Waals surface area contributed by atoms with Crippen molar-refractivity contribution >= 4 is 0 Å². The third-order valence-electron chi connectivity index (χ3n) is 4.34. The molecule has 15 heavy (non-hydrogen) atoms. The van der Waals surface area contributed by atoms with Crippen LogP contribution in [0.25, 0.3) is 0 Å². The summed E-state index contributed by atoms with van der Waals surface area (Å²) >= 11 is 0. The lowest BCUT2D eigenvalue weighted by atomic mass is 9.95. The fourth-order valence-electron chi connectivity index (χ4n) is 2.72. The first kappa shape index (κ1) is 11.4. The number of hydrogen-bond acceptors (Lipinski definition) is 2. The summed E-state index contributed by atoms with van der Waals surface area (Å²) in [4.78, 5) is 2.70. The number of rotatable bonds is 3. The second-order valence-electron chi connectivity index (χ2n) is 6.37. The highest BCUT2D eigenvalue weighted by atomic mass is 15.3. The Balaban J connectivity index is 1.95. The third-order valence-corrected chi connectivity index (χ3v) is 4.34. The average molecular weight is 210 g/mol. The molecule has 1 aliphatic carbocycles. The maximum Gasteiger partial charge on any atom is 0.0252 e. The number of hydrogen-bond donors (Lipinski definition) is 1.